The van der Waals surface area contributed by atoms with Crippen LogP contribution in [0.4, 0.5) is 20.2 Å². The van der Waals surface area contributed by atoms with E-state index >= 15 is 0 Å². The summed E-state index contributed by atoms with van der Waals surface area (Å²) >= 11 is 5.98. The van der Waals surface area contributed by atoms with Crippen molar-refractivity contribution in [1.82, 2.24) is 9.59 Å². The second-order valence-electron chi connectivity index (χ2n) is 4.18. The van der Waals surface area contributed by atoms with Gasteiger partial charge in [-0.2, -0.15) is 0 Å². The molecule has 0 aliphatic carbocycles. The van der Waals surface area contributed by atoms with E-state index in [4.69, 9.17) is 12.2 Å². The largest absolute Gasteiger partial charge is 0.378 e. The maximum absolute atomic E-state index is 12.7. The normalized spacial score (nSPS) is 10.7. The molecule has 4 nitrogen and oxygen atoms in total. The Morgan fingerprint density at radius 3 is 2.50 bits per heavy atom. The van der Waals surface area contributed by atoms with E-state index in [9.17, 15) is 8.78 Å². The number of alkyl halides is 2. The SMILES string of the molecule is CN(C)c1ccc(NC(=S)c2snnc2C(F)F)cc1. The lowest BCUT2D eigenvalue weighted by Crippen LogP contribution is -2.12. The number of nitrogens with one attached hydrogen (secondary N) is 1. The van der Waals surface area contributed by atoms with Crippen molar-refractivity contribution in [3.63, 3.8) is 0 Å². The first-order valence-corrected chi connectivity index (χ1v) is 6.86. The third-order valence-corrected chi connectivity index (χ3v) is 3.76. The summed E-state index contributed by atoms with van der Waals surface area (Å²) in [4.78, 5) is 2.36. The lowest BCUT2D eigenvalue weighted by atomic mass is 10.2. The molecule has 1 aromatic carbocycles. The van der Waals surface area contributed by atoms with Gasteiger partial charge >= 0.3 is 0 Å². The molecule has 0 saturated heterocycles. The van der Waals surface area contributed by atoms with Gasteiger partial charge in [-0.1, -0.05) is 16.7 Å². The van der Waals surface area contributed by atoms with E-state index in [1.807, 2.05) is 43.3 Å². The van der Waals surface area contributed by atoms with Crippen LogP contribution < -0.4 is 10.2 Å². The van der Waals surface area contributed by atoms with Crippen LogP contribution in [0, 0.1) is 0 Å². The molecule has 0 aliphatic heterocycles. The van der Waals surface area contributed by atoms with Gasteiger partial charge in [0.15, 0.2) is 5.69 Å². The van der Waals surface area contributed by atoms with Crippen LogP contribution >= 0.6 is 23.8 Å². The maximum atomic E-state index is 12.7. The third kappa shape index (κ3) is 3.26. The Labute approximate surface area is 124 Å². The number of anilines is 2. The molecule has 1 N–H and O–H groups in total. The zero-order chi connectivity index (χ0) is 14.7. The molecule has 0 atom stereocenters. The third-order valence-electron chi connectivity index (χ3n) is 2.57. The molecule has 20 heavy (non-hydrogen) atoms. The summed E-state index contributed by atoms with van der Waals surface area (Å²) in [7, 11) is 3.87. The quantitative estimate of drug-likeness (QED) is 0.877. The molecular weight excluding hydrogens is 302 g/mol. The van der Waals surface area contributed by atoms with Crippen molar-refractivity contribution in [2.45, 2.75) is 6.43 Å². The lowest BCUT2D eigenvalue weighted by Gasteiger charge is -2.13. The molecule has 0 bridgehead atoms. The Morgan fingerprint density at radius 2 is 1.95 bits per heavy atom. The van der Waals surface area contributed by atoms with E-state index in [1.54, 1.807) is 0 Å². The molecule has 0 fully saturated rings. The van der Waals surface area contributed by atoms with Crippen LogP contribution in [0.15, 0.2) is 24.3 Å². The Hall–Kier alpha value is -1.67. The van der Waals surface area contributed by atoms with Gasteiger partial charge in [0.25, 0.3) is 6.43 Å². The van der Waals surface area contributed by atoms with E-state index in [-0.39, 0.29) is 15.6 Å². The van der Waals surface area contributed by atoms with E-state index in [1.165, 1.54) is 0 Å². The fourth-order valence-corrected chi connectivity index (χ4v) is 2.43. The average Bonchev–Trinajstić information content (AvgIpc) is 2.88. The molecule has 0 aliphatic rings. The summed E-state index contributed by atoms with van der Waals surface area (Å²) in [6.07, 6.45) is -2.68. The van der Waals surface area contributed by atoms with Crippen LogP contribution in [0.5, 0.6) is 0 Å². The summed E-state index contributed by atoms with van der Waals surface area (Å²) in [6, 6.07) is 7.48. The molecule has 2 aromatic rings. The topological polar surface area (TPSA) is 41.0 Å². The molecule has 2 rings (SSSR count). The summed E-state index contributed by atoms with van der Waals surface area (Å²) in [6.45, 7) is 0. The number of hydrogen-bond acceptors (Lipinski definition) is 5. The number of aromatic nitrogens is 2. The van der Waals surface area contributed by atoms with Crippen molar-refractivity contribution >= 4 is 40.1 Å². The first-order chi connectivity index (χ1) is 9.49. The standard InChI is InChI=1S/C12H12F2N4S2/c1-18(2)8-5-3-7(4-6-8)15-12(19)10-9(11(13)14)16-17-20-10/h3-6,11H,1-2H3,(H,15,19). The number of thiocarbonyl (C=S) groups is 1. The van der Waals surface area contributed by atoms with Crippen molar-refractivity contribution < 1.29 is 8.78 Å². The predicted octanol–water partition coefficient (Wildman–Crippen LogP) is 3.33. The molecule has 8 heteroatoms. The minimum atomic E-state index is -2.68. The molecule has 0 spiro atoms. The maximum Gasteiger partial charge on any atom is 0.283 e. The van der Waals surface area contributed by atoms with Crippen molar-refractivity contribution in [2.24, 2.45) is 0 Å². The van der Waals surface area contributed by atoms with Crippen LogP contribution in [0.1, 0.15) is 17.0 Å². The Bertz CT molecular complexity index is 596. The Balaban J connectivity index is 2.13. The van der Waals surface area contributed by atoms with Gasteiger partial charge < -0.3 is 10.2 Å². The molecule has 0 unspecified atom stereocenters. The van der Waals surface area contributed by atoms with Gasteiger partial charge in [0.1, 0.15) is 9.87 Å². The van der Waals surface area contributed by atoms with Gasteiger partial charge in [0.2, 0.25) is 0 Å². The summed E-state index contributed by atoms with van der Waals surface area (Å²) in [5, 5.41) is 6.32. The zero-order valence-corrected chi connectivity index (χ0v) is 12.4. The summed E-state index contributed by atoms with van der Waals surface area (Å²) in [5.41, 5.74) is 1.39. The average molecular weight is 314 g/mol. The number of hydrogen-bond donors (Lipinski definition) is 1. The molecule has 0 saturated carbocycles. The predicted molar refractivity (Wildman–Crippen MR) is 81.0 cm³/mol. The van der Waals surface area contributed by atoms with Crippen molar-refractivity contribution in [1.29, 1.82) is 0 Å². The fraction of sp³-hybridized carbons (Fsp3) is 0.250. The fourth-order valence-electron chi connectivity index (χ4n) is 1.53. The van der Waals surface area contributed by atoms with Crippen LogP contribution in [0.3, 0.4) is 0 Å². The van der Waals surface area contributed by atoms with Crippen molar-refractivity contribution in [3.05, 3.63) is 34.8 Å². The highest BCUT2D eigenvalue weighted by molar-refractivity contribution is 7.81. The molecule has 106 valence electrons. The minimum absolute atomic E-state index is 0.201. The second kappa shape index (κ2) is 6.19. The second-order valence-corrected chi connectivity index (χ2v) is 5.35. The Kier molecular flexibility index (Phi) is 4.56. The minimum Gasteiger partial charge on any atom is -0.378 e. The van der Waals surface area contributed by atoms with Crippen LogP contribution in [-0.4, -0.2) is 28.7 Å². The van der Waals surface area contributed by atoms with E-state index < -0.39 is 6.43 Å². The molecule has 1 heterocycles. The monoisotopic (exact) mass is 314 g/mol. The van der Waals surface area contributed by atoms with Crippen LogP contribution in [-0.2, 0) is 0 Å². The first kappa shape index (κ1) is 14.7. The summed E-state index contributed by atoms with van der Waals surface area (Å²) in [5.74, 6) is 0. The van der Waals surface area contributed by atoms with Gasteiger partial charge in [0, 0.05) is 25.5 Å². The molecular formula is C12H12F2N4S2. The van der Waals surface area contributed by atoms with Gasteiger partial charge in [-0.15, -0.1) is 5.10 Å². The number of nitrogens with zero attached hydrogens (tertiary/aromatic N) is 3. The van der Waals surface area contributed by atoms with Gasteiger partial charge in [-0.25, -0.2) is 8.78 Å². The summed E-state index contributed by atoms with van der Waals surface area (Å²) < 4.78 is 28.9. The van der Waals surface area contributed by atoms with Gasteiger partial charge in [-0.05, 0) is 35.8 Å². The molecule has 0 amide bonds. The van der Waals surface area contributed by atoms with Crippen molar-refractivity contribution in [2.75, 3.05) is 24.3 Å². The lowest BCUT2D eigenvalue weighted by molar-refractivity contribution is 0.146. The van der Waals surface area contributed by atoms with Crippen molar-refractivity contribution in [3.8, 4) is 0 Å². The number of rotatable bonds is 4. The van der Waals surface area contributed by atoms with Gasteiger partial charge in [0.05, 0.1) is 0 Å². The molecule has 1 aromatic heterocycles. The highest BCUT2D eigenvalue weighted by Gasteiger charge is 2.20. The highest BCUT2D eigenvalue weighted by Crippen LogP contribution is 2.24. The highest BCUT2D eigenvalue weighted by atomic mass is 32.1. The van der Waals surface area contributed by atoms with E-state index in [0.717, 1.165) is 22.9 Å². The number of halogens is 2. The van der Waals surface area contributed by atoms with E-state index in [0.29, 0.717) is 0 Å². The number of benzene rings is 1. The van der Waals surface area contributed by atoms with Crippen LogP contribution in [0.25, 0.3) is 0 Å². The Morgan fingerprint density at radius 1 is 1.30 bits per heavy atom. The smallest absolute Gasteiger partial charge is 0.283 e. The van der Waals surface area contributed by atoms with Crippen LogP contribution in [0.2, 0.25) is 0 Å². The van der Waals surface area contributed by atoms with E-state index in [2.05, 4.69) is 14.9 Å². The van der Waals surface area contributed by atoms with Gasteiger partial charge in [-0.3, -0.25) is 0 Å². The zero-order valence-electron chi connectivity index (χ0n) is 10.8. The molecule has 0 radical (unpaired) electrons. The first-order valence-electron chi connectivity index (χ1n) is 5.68.